The van der Waals surface area contributed by atoms with Crippen LogP contribution in [-0.4, -0.2) is 5.78 Å². The second kappa shape index (κ2) is 5.17. The SMILES string of the molecule is Cc1cc(C)c(C(=O)c2cc(N)ccc2Br)c(C)c1. The van der Waals surface area contributed by atoms with Crippen molar-refractivity contribution in [2.24, 2.45) is 0 Å². The molecule has 0 bridgehead atoms. The molecule has 2 nitrogen and oxygen atoms in total. The summed E-state index contributed by atoms with van der Waals surface area (Å²) < 4.78 is 0.770. The van der Waals surface area contributed by atoms with Gasteiger partial charge in [-0.15, -0.1) is 0 Å². The third kappa shape index (κ3) is 2.71. The fraction of sp³-hybridized carbons (Fsp3) is 0.188. The zero-order valence-electron chi connectivity index (χ0n) is 11.3. The van der Waals surface area contributed by atoms with E-state index in [1.54, 1.807) is 18.2 Å². The molecule has 2 aromatic rings. The Balaban J connectivity index is 2.59. The number of benzene rings is 2. The molecule has 0 spiro atoms. The molecule has 19 heavy (non-hydrogen) atoms. The van der Waals surface area contributed by atoms with Crippen LogP contribution in [0.15, 0.2) is 34.8 Å². The van der Waals surface area contributed by atoms with Crippen LogP contribution in [0.5, 0.6) is 0 Å². The lowest BCUT2D eigenvalue weighted by Gasteiger charge is -2.12. The van der Waals surface area contributed by atoms with Gasteiger partial charge < -0.3 is 5.73 Å². The molecule has 0 unspecified atom stereocenters. The Bertz CT molecular complexity index is 639. The van der Waals surface area contributed by atoms with Gasteiger partial charge in [-0.05, 0) is 50.1 Å². The van der Waals surface area contributed by atoms with Crippen molar-refractivity contribution in [1.29, 1.82) is 0 Å². The molecular weight excluding hydrogens is 302 g/mol. The Hall–Kier alpha value is -1.61. The topological polar surface area (TPSA) is 43.1 Å². The minimum absolute atomic E-state index is 0.00850. The zero-order valence-corrected chi connectivity index (χ0v) is 12.8. The zero-order chi connectivity index (χ0) is 14.2. The van der Waals surface area contributed by atoms with Crippen molar-refractivity contribution in [3.8, 4) is 0 Å². The van der Waals surface area contributed by atoms with Gasteiger partial charge in [0.25, 0.3) is 0 Å². The van der Waals surface area contributed by atoms with E-state index in [2.05, 4.69) is 15.9 Å². The number of hydrogen-bond acceptors (Lipinski definition) is 2. The highest BCUT2D eigenvalue weighted by Crippen LogP contribution is 2.26. The molecule has 0 aliphatic rings. The van der Waals surface area contributed by atoms with E-state index in [1.165, 1.54) is 0 Å². The first-order valence-electron chi connectivity index (χ1n) is 6.07. The quantitative estimate of drug-likeness (QED) is 0.666. The van der Waals surface area contributed by atoms with Crippen LogP contribution in [0, 0.1) is 20.8 Å². The molecule has 0 saturated carbocycles. The summed E-state index contributed by atoms with van der Waals surface area (Å²) in [6.07, 6.45) is 0. The van der Waals surface area contributed by atoms with Crippen molar-refractivity contribution >= 4 is 27.4 Å². The van der Waals surface area contributed by atoms with E-state index in [9.17, 15) is 4.79 Å². The highest BCUT2D eigenvalue weighted by molar-refractivity contribution is 9.10. The second-order valence-corrected chi connectivity index (χ2v) is 5.70. The van der Waals surface area contributed by atoms with Gasteiger partial charge >= 0.3 is 0 Å². The first kappa shape index (κ1) is 13.8. The Labute approximate surface area is 121 Å². The summed E-state index contributed by atoms with van der Waals surface area (Å²) >= 11 is 3.42. The van der Waals surface area contributed by atoms with Crippen molar-refractivity contribution in [2.75, 3.05) is 5.73 Å². The molecule has 0 saturated heterocycles. The second-order valence-electron chi connectivity index (χ2n) is 4.84. The van der Waals surface area contributed by atoms with E-state index in [1.807, 2.05) is 32.9 Å². The number of aryl methyl sites for hydroxylation is 3. The van der Waals surface area contributed by atoms with Gasteiger partial charge in [0.2, 0.25) is 0 Å². The van der Waals surface area contributed by atoms with Gasteiger partial charge in [0.1, 0.15) is 0 Å². The lowest BCUT2D eigenvalue weighted by Crippen LogP contribution is -2.08. The number of anilines is 1. The number of hydrogen-bond donors (Lipinski definition) is 1. The molecule has 0 aromatic heterocycles. The van der Waals surface area contributed by atoms with E-state index < -0.39 is 0 Å². The van der Waals surface area contributed by atoms with Crippen LogP contribution >= 0.6 is 15.9 Å². The molecule has 3 heteroatoms. The third-order valence-corrected chi connectivity index (χ3v) is 3.83. The number of ketones is 1. The number of rotatable bonds is 2. The van der Waals surface area contributed by atoms with Gasteiger partial charge in [0.15, 0.2) is 5.78 Å². The summed E-state index contributed by atoms with van der Waals surface area (Å²) in [6, 6.07) is 9.35. The Morgan fingerprint density at radius 2 is 1.63 bits per heavy atom. The maximum Gasteiger partial charge on any atom is 0.194 e. The van der Waals surface area contributed by atoms with E-state index in [-0.39, 0.29) is 5.78 Å². The Morgan fingerprint density at radius 3 is 2.21 bits per heavy atom. The minimum atomic E-state index is 0.00850. The molecule has 2 rings (SSSR count). The van der Waals surface area contributed by atoms with Gasteiger partial charge in [-0.25, -0.2) is 0 Å². The highest BCUT2D eigenvalue weighted by Gasteiger charge is 2.17. The van der Waals surface area contributed by atoms with E-state index in [0.29, 0.717) is 11.3 Å². The molecule has 0 aliphatic carbocycles. The molecule has 0 aliphatic heterocycles. The number of nitrogen functional groups attached to an aromatic ring is 1. The summed E-state index contributed by atoms with van der Waals surface area (Å²) in [7, 11) is 0. The fourth-order valence-corrected chi connectivity index (χ4v) is 2.82. The van der Waals surface area contributed by atoms with E-state index in [0.717, 1.165) is 26.7 Å². The van der Waals surface area contributed by atoms with Crippen LogP contribution in [-0.2, 0) is 0 Å². The molecule has 2 aromatic carbocycles. The lowest BCUT2D eigenvalue weighted by atomic mass is 9.93. The van der Waals surface area contributed by atoms with Crippen molar-refractivity contribution in [1.82, 2.24) is 0 Å². The van der Waals surface area contributed by atoms with Crippen molar-refractivity contribution < 1.29 is 4.79 Å². The lowest BCUT2D eigenvalue weighted by molar-refractivity contribution is 0.103. The molecule has 98 valence electrons. The maximum atomic E-state index is 12.7. The molecule has 0 fully saturated rings. The van der Waals surface area contributed by atoms with Crippen LogP contribution in [0.3, 0.4) is 0 Å². The summed E-state index contributed by atoms with van der Waals surface area (Å²) in [6.45, 7) is 5.96. The molecule has 0 radical (unpaired) electrons. The van der Waals surface area contributed by atoms with Gasteiger partial charge in [-0.1, -0.05) is 33.6 Å². The molecule has 0 amide bonds. The van der Waals surface area contributed by atoms with E-state index >= 15 is 0 Å². The first-order chi connectivity index (χ1) is 8.90. The van der Waals surface area contributed by atoms with E-state index in [4.69, 9.17) is 5.73 Å². The van der Waals surface area contributed by atoms with Gasteiger partial charge in [-0.3, -0.25) is 4.79 Å². The van der Waals surface area contributed by atoms with Crippen molar-refractivity contribution in [3.63, 3.8) is 0 Å². The van der Waals surface area contributed by atoms with Crippen LogP contribution in [0.1, 0.15) is 32.6 Å². The Morgan fingerprint density at radius 1 is 1.05 bits per heavy atom. The van der Waals surface area contributed by atoms with Crippen LogP contribution < -0.4 is 5.73 Å². The summed E-state index contributed by atoms with van der Waals surface area (Å²) in [4.78, 5) is 12.7. The number of carbonyl (C=O) groups excluding carboxylic acids is 1. The van der Waals surface area contributed by atoms with Gasteiger partial charge in [0, 0.05) is 21.3 Å². The molecule has 0 atom stereocenters. The van der Waals surface area contributed by atoms with Crippen LogP contribution in [0.2, 0.25) is 0 Å². The molecular formula is C16H16BrNO. The standard InChI is InChI=1S/C16H16BrNO/c1-9-6-10(2)15(11(3)7-9)16(19)13-8-12(18)4-5-14(13)17/h4-8H,18H2,1-3H3. The Kier molecular flexibility index (Phi) is 3.76. The molecule has 0 heterocycles. The van der Waals surface area contributed by atoms with Crippen LogP contribution in [0.4, 0.5) is 5.69 Å². The summed E-state index contributed by atoms with van der Waals surface area (Å²) in [5.74, 6) is 0.00850. The minimum Gasteiger partial charge on any atom is -0.399 e. The smallest absolute Gasteiger partial charge is 0.194 e. The molecule has 2 N–H and O–H groups in total. The van der Waals surface area contributed by atoms with Gasteiger partial charge in [-0.2, -0.15) is 0 Å². The largest absolute Gasteiger partial charge is 0.399 e. The number of nitrogens with two attached hydrogens (primary N) is 1. The average Bonchev–Trinajstić information content (AvgIpc) is 2.30. The first-order valence-corrected chi connectivity index (χ1v) is 6.87. The fourth-order valence-electron chi connectivity index (χ4n) is 2.39. The monoisotopic (exact) mass is 317 g/mol. The maximum absolute atomic E-state index is 12.7. The average molecular weight is 318 g/mol. The predicted octanol–water partition coefficient (Wildman–Crippen LogP) is 4.19. The number of carbonyl (C=O) groups is 1. The van der Waals surface area contributed by atoms with Crippen molar-refractivity contribution in [3.05, 3.63) is 62.6 Å². The van der Waals surface area contributed by atoms with Crippen LogP contribution in [0.25, 0.3) is 0 Å². The van der Waals surface area contributed by atoms with Crippen molar-refractivity contribution in [2.45, 2.75) is 20.8 Å². The predicted molar refractivity (Wildman–Crippen MR) is 82.6 cm³/mol. The number of halogens is 1. The third-order valence-electron chi connectivity index (χ3n) is 3.14. The highest BCUT2D eigenvalue weighted by atomic mass is 79.9. The summed E-state index contributed by atoms with van der Waals surface area (Å²) in [5, 5.41) is 0. The normalized spacial score (nSPS) is 10.5. The summed E-state index contributed by atoms with van der Waals surface area (Å²) in [5.41, 5.74) is 10.9. The van der Waals surface area contributed by atoms with Gasteiger partial charge in [0.05, 0.1) is 0 Å².